The number of benzene rings is 1. The van der Waals surface area contributed by atoms with Crippen LogP contribution in [-0.2, 0) is 0 Å². The predicted octanol–water partition coefficient (Wildman–Crippen LogP) is 4.56. The fourth-order valence-electron chi connectivity index (χ4n) is 1.35. The summed E-state index contributed by atoms with van der Waals surface area (Å²) < 4.78 is 5.29. The van der Waals surface area contributed by atoms with Crippen molar-refractivity contribution in [3.63, 3.8) is 0 Å². The Morgan fingerprint density at radius 1 is 1.14 bits per heavy atom. The second-order valence-corrected chi connectivity index (χ2v) is 3.80. The van der Waals surface area contributed by atoms with Gasteiger partial charge in [-0.05, 0) is 36.8 Å². The average molecular weight is 227 g/mol. The van der Waals surface area contributed by atoms with E-state index in [1.54, 1.807) is 12.3 Å². The molecule has 0 aliphatic heterocycles. The third kappa shape index (κ3) is 1.54. The van der Waals surface area contributed by atoms with Crippen LogP contribution in [0.4, 0.5) is 0 Å². The number of hydrogen-bond acceptors (Lipinski definition) is 1. The second kappa shape index (κ2) is 3.68. The van der Waals surface area contributed by atoms with Crippen molar-refractivity contribution in [2.75, 3.05) is 0 Å². The molecule has 2 rings (SSSR count). The van der Waals surface area contributed by atoms with Gasteiger partial charge in [-0.3, -0.25) is 0 Å². The highest BCUT2D eigenvalue weighted by atomic mass is 35.5. The minimum absolute atomic E-state index is 0.569. The average Bonchev–Trinajstić information content (AvgIpc) is 2.67. The molecule has 1 aromatic heterocycles. The van der Waals surface area contributed by atoms with Crippen LogP contribution >= 0.6 is 23.2 Å². The number of rotatable bonds is 1. The van der Waals surface area contributed by atoms with Gasteiger partial charge in [-0.2, -0.15) is 0 Å². The van der Waals surface area contributed by atoms with Crippen LogP contribution in [0.25, 0.3) is 11.3 Å². The van der Waals surface area contributed by atoms with Crippen LogP contribution in [0.3, 0.4) is 0 Å². The molecule has 0 aliphatic carbocycles. The zero-order chi connectivity index (χ0) is 10.1. The fourth-order valence-corrected chi connectivity index (χ4v) is 1.72. The molecule has 0 N–H and O–H groups in total. The zero-order valence-corrected chi connectivity index (χ0v) is 9.06. The second-order valence-electron chi connectivity index (χ2n) is 3.01. The molecular weight excluding hydrogens is 219 g/mol. The van der Waals surface area contributed by atoms with Gasteiger partial charge in [0, 0.05) is 5.56 Å². The molecule has 1 heterocycles. The van der Waals surface area contributed by atoms with Crippen molar-refractivity contribution in [3.05, 3.63) is 46.1 Å². The van der Waals surface area contributed by atoms with Crippen LogP contribution in [0.2, 0.25) is 10.0 Å². The molecule has 0 saturated heterocycles. The van der Waals surface area contributed by atoms with E-state index in [0.717, 1.165) is 16.9 Å². The van der Waals surface area contributed by atoms with E-state index in [1.807, 2.05) is 25.1 Å². The summed E-state index contributed by atoms with van der Waals surface area (Å²) >= 11 is 11.9. The van der Waals surface area contributed by atoms with Crippen molar-refractivity contribution in [3.8, 4) is 11.3 Å². The van der Waals surface area contributed by atoms with Crippen LogP contribution in [0.5, 0.6) is 0 Å². The lowest BCUT2D eigenvalue weighted by atomic mass is 10.1. The first-order valence-electron chi connectivity index (χ1n) is 4.18. The van der Waals surface area contributed by atoms with Gasteiger partial charge in [0.25, 0.3) is 0 Å². The molecule has 0 bridgehead atoms. The van der Waals surface area contributed by atoms with E-state index in [1.165, 1.54) is 0 Å². The van der Waals surface area contributed by atoms with E-state index in [9.17, 15) is 0 Å². The molecule has 3 heteroatoms. The summed E-state index contributed by atoms with van der Waals surface area (Å²) in [5, 5.41) is 1.15. The summed E-state index contributed by atoms with van der Waals surface area (Å²) in [6, 6.07) is 7.42. The molecule has 1 nitrogen and oxygen atoms in total. The maximum atomic E-state index is 6.03. The molecule has 0 fully saturated rings. The van der Waals surface area contributed by atoms with Crippen molar-refractivity contribution < 1.29 is 4.42 Å². The molecule has 0 amide bonds. The van der Waals surface area contributed by atoms with Crippen LogP contribution in [0.15, 0.2) is 34.9 Å². The summed E-state index contributed by atoms with van der Waals surface area (Å²) in [5.74, 6) is 0.807. The van der Waals surface area contributed by atoms with Gasteiger partial charge in [0.1, 0.15) is 5.76 Å². The summed E-state index contributed by atoms with van der Waals surface area (Å²) in [4.78, 5) is 0. The largest absolute Gasteiger partial charge is 0.464 e. The quantitative estimate of drug-likeness (QED) is 0.695. The third-order valence-electron chi connectivity index (χ3n) is 2.13. The van der Waals surface area contributed by atoms with E-state index < -0.39 is 0 Å². The number of furan rings is 1. The van der Waals surface area contributed by atoms with Crippen molar-refractivity contribution in [2.24, 2.45) is 0 Å². The molecule has 0 unspecified atom stereocenters. The topological polar surface area (TPSA) is 13.1 Å². The lowest BCUT2D eigenvalue weighted by Gasteiger charge is -2.05. The molecule has 14 heavy (non-hydrogen) atoms. The summed E-state index contributed by atoms with van der Waals surface area (Å²) in [6.45, 7) is 1.92. The van der Waals surface area contributed by atoms with Crippen LogP contribution in [-0.4, -0.2) is 0 Å². The van der Waals surface area contributed by atoms with E-state index in [4.69, 9.17) is 27.6 Å². The SMILES string of the molecule is Cc1c(-c2ccco2)ccc(Cl)c1Cl. The van der Waals surface area contributed by atoms with Crippen molar-refractivity contribution in [1.82, 2.24) is 0 Å². The van der Waals surface area contributed by atoms with Gasteiger partial charge in [-0.1, -0.05) is 23.2 Å². The van der Waals surface area contributed by atoms with Crippen LogP contribution < -0.4 is 0 Å². The maximum Gasteiger partial charge on any atom is 0.134 e. The van der Waals surface area contributed by atoms with E-state index >= 15 is 0 Å². The highest BCUT2D eigenvalue weighted by Gasteiger charge is 2.09. The lowest BCUT2D eigenvalue weighted by molar-refractivity contribution is 0.582. The molecule has 0 atom stereocenters. The molecular formula is C11H8Cl2O. The van der Waals surface area contributed by atoms with Gasteiger partial charge in [0.05, 0.1) is 16.3 Å². The Labute approximate surface area is 92.3 Å². The van der Waals surface area contributed by atoms with Crippen molar-refractivity contribution in [1.29, 1.82) is 0 Å². The highest BCUT2D eigenvalue weighted by molar-refractivity contribution is 6.42. The minimum Gasteiger partial charge on any atom is -0.464 e. The molecule has 72 valence electrons. The Morgan fingerprint density at radius 2 is 1.93 bits per heavy atom. The lowest BCUT2D eigenvalue weighted by Crippen LogP contribution is -1.83. The molecule has 1 aromatic carbocycles. The van der Waals surface area contributed by atoms with Crippen LogP contribution in [0.1, 0.15) is 5.56 Å². The number of halogens is 2. The first-order chi connectivity index (χ1) is 6.70. The van der Waals surface area contributed by atoms with E-state index in [2.05, 4.69) is 0 Å². The van der Waals surface area contributed by atoms with Gasteiger partial charge in [0.15, 0.2) is 0 Å². The Hall–Kier alpha value is -0.920. The molecule has 0 saturated carbocycles. The smallest absolute Gasteiger partial charge is 0.134 e. The Balaban J connectivity index is 2.61. The summed E-state index contributed by atoms with van der Waals surface area (Å²) in [6.07, 6.45) is 1.64. The fraction of sp³-hybridized carbons (Fsp3) is 0.0909. The molecule has 0 radical (unpaired) electrons. The van der Waals surface area contributed by atoms with Gasteiger partial charge in [-0.15, -0.1) is 0 Å². The molecule has 2 aromatic rings. The summed E-state index contributed by atoms with van der Waals surface area (Å²) in [7, 11) is 0. The van der Waals surface area contributed by atoms with Gasteiger partial charge < -0.3 is 4.42 Å². The van der Waals surface area contributed by atoms with Gasteiger partial charge in [0.2, 0.25) is 0 Å². The standard InChI is InChI=1S/C11H8Cl2O/c1-7-8(10-3-2-6-14-10)4-5-9(12)11(7)13/h2-6H,1H3. The first kappa shape index (κ1) is 9.63. The Kier molecular flexibility index (Phi) is 2.53. The highest BCUT2D eigenvalue weighted by Crippen LogP contribution is 2.33. The van der Waals surface area contributed by atoms with Gasteiger partial charge in [-0.25, -0.2) is 0 Å². The van der Waals surface area contributed by atoms with Crippen molar-refractivity contribution in [2.45, 2.75) is 6.92 Å². The van der Waals surface area contributed by atoms with E-state index in [-0.39, 0.29) is 0 Å². The third-order valence-corrected chi connectivity index (χ3v) is 3.02. The Bertz CT molecular complexity index is 447. The zero-order valence-electron chi connectivity index (χ0n) is 7.55. The van der Waals surface area contributed by atoms with E-state index in [0.29, 0.717) is 10.0 Å². The summed E-state index contributed by atoms with van der Waals surface area (Å²) in [5.41, 5.74) is 1.92. The predicted molar refractivity (Wildman–Crippen MR) is 58.9 cm³/mol. The molecule has 0 spiro atoms. The first-order valence-corrected chi connectivity index (χ1v) is 4.94. The number of hydrogen-bond donors (Lipinski definition) is 0. The Morgan fingerprint density at radius 3 is 2.57 bits per heavy atom. The maximum absolute atomic E-state index is 6.03. The van der Waals surface area contributed by atoms with Crippen molar-refractivity contribution >= 4 is 23.2 Å². The minimum atomic E-state index is 0.569. The molecule has 0 aliphatic rings. The van der Waals surface area contributed by atoms with Gasteiger partial charge >= 0.3 is 0 Å². The van der Waals surface area contributed by atoms with Crippen LogP contribution in [0, 0.1) is 6.92 Å². The monoisotopic (exact) mass is 226 g/mol. The normalized spacial score (nSPS) is 10.5.